The molecule has 1 aromatic carbocycles. The molecule has 0 N–H and O–H groups in total. The highest BCUT2D eigenvalue weighted by Crippen LogP contribution is 2.58. The Morgan fingerprint density at radius 3 is 1.88 bits per heavy atom. The van der Waals surface area contributed by atoms with Crippen LogP contribution in [0.1, 0.15) is 55.8 Å². The van der Waals surface area contributed by atoms with Gasteiger partial charge in [-0.2, -0.15) is 0 Å². The molecule has 1 amide bonds. The molecule has 0 unspecified atom stereocenters. The van der Waals surface area contributed by atoms with Crippen LogP contribution in [0, 0.1) is 17.8 Å². The van der Waals surface area contributed by atoms with E-state index in [0.29, 0.717) is 17.1 Å². The lowest BCUT2D eigenvalue weighted by Gasteiger charge is -2.60. The van der Waals surface area contributed by atoms with Gasteiger partial charge < -0.3 is 14.4 Å². The van der Waals surface area contributed by atoms with Crippen LogP contribution in [0.3, 0.4) is 0 Å². The van der Waals surface area contributed by atoms with Gasteiger partial charge in [0.15, 0.2) is 0 Å². The molecule has 0 heterocycles. The maximum Gasteiger partial charge on any atom is 0.254 e. The molecule has 136 valence electrons. The van der Waals surface area contributed by atoms with E-state index in [1.165, 1.54) is 38.5 Å². The second-order valence-corrected chi connectivity index (χ2v) is 8.29. The lowest BCUT2D eigenvalue weighted by molar-refractivity contribution is -0.0731. The highest BCUT2D eigenvalue weighted by Gasteiger charge is 2.54. The fourth-order valence-electron chi connectivity index (χ4n) is 6.18. The van der Waals surface area contributed by atoms with Gasteiger partial charge in [-0.15, -0.1) is 0 Å². The molecule has 0 atom stereocenters. The minimum Gasteiger partial charge on any atom is -0.497 e. The molecule has 0 saturated heterocycles. The third-order valence-corrected chi connectivity index (χ3v) is 6.74. The van der Waals surface area contributed by atoms with Gasteiger partial charge >= 0.3 is 0 Å². The molecule has 1 aromatic rings. The van der Waals surface area contributed by atoms with Crippen LogP contribution in [0.25, 0.3) is 0 Å². The summed E-state index contributed by atoms with van der Waals surface area (Å²) in [6.45, 7) is 2.89. The first-order valence-electron chi connectivity index (χ1n) is 9.62. The van der Waals surface area contributed by atoms with E-state index in [1.54, 1.807) is 14.2 Å². The summed E-state index contributed by atoms with van der Waals surface area (Å²) in [5.74, 6) is 3.95. The van der Waals surface area contributed by atoms with Crippen molar-refractivity contribution in [2.45, 2.75) is 51.0 Å². The molecule has 0 aromatic heterocycles. The molecule has 0 spiro atoms. The summed E-state index contributed by atoms with van der Waals surface area (Å²) < 4.78 is 10.7. The number of rotatable bonds is 5. The molecule has 4 aliphatic carbocycles. The van der Waals surface area contributed by atoms with Gasteiger partial charge in [0.25, 0.3) is 5.91 Å². The van der Waals surface area contributed by atoms with Crippen LogP contribution in [-0.2, 0) is 0 Å². The predicted octanol–water partition coefficient (Wildman–Crippen LogP) is 4.13. The minimum atomic E-state index is 0.0803. The van der Waals surface area contributed by atoms with Gasteiger partial charge in [-0.25, -0.2) is 0 Å². The van der Waals surface area contributed by atoms with Crippen LogP contribution in [0.4, 0.5) is 0 Å². The molecular formula is C21H29NO3. The summed E-state index contributed by atoms with van der Waals surface area (Å²) in [7, 11) is 3.25. The summed E-state index contributed by atoms with van der Waals surface area (Å²) in [5.41, 5.74) is 0.755. The topological polar surface area (TPSA) is 38.8 Å². The smallest absolute Gasteiger partial charge is 0.254 e. The van der Waals surface area contributed by atoms with Crippen molar-refractivity contribution in [3.8, 4) is 11.5 Å². The van der Waals surface area contributed by atoms with E-state index in [1.807, 2.05) is 18.2 Å². The van der Waals surface area contributed by atoms with E-state index in [0.717, 1.165) is 24.3 Å². The first kappa shape index (κ1) is 16.7. The summed E-state index contributed by atoms with van der Waals surface area (Å²) in [5, 5.41) is 0. The number of amides is 1. The van der Waals surface area contributed by atoms with Gasteiger partial charge in [0.2, 0.25) is 0 Å². The second kappa shape index (κ2) is 6.22. The van der Waals surface area contributed by atoms with Gasteiger partial charge in [-0.1, -0.05) is 0 Å². The molecule has 25 heavy (non-hydrogen) atoms. The first-order chi connectivity index (χ1) is 12.1. The Bertz CT molecular complexity index is 612. The van der Waals surface area contributed by atoms with Gasteiger partial charge in [-0.05, 0) is 75.3 Å². The van der Waals surface area contributed by atoms with Crippen molar-refractivity contribution in [3.05, 3.63) is 23.8 Å². The van der Waals surface area contributed by atoms with Crippen molar-refractivity contribution >= 4 is 5.91 Å². The fourth-order valence-corrected chi connectivity index (χ4v) is 6.18. The Kier molecular flexibility index (Phi) is 4.17. The van der Waals surface area contributed by atoms with Crippen LogP contribution in [0.15, 0.2) is 18.2 Å². The molecular weight excluding hydrogens is 314 g/mol. The van der Waals surface area contributed by atoms with E-state index in [9.17, 15) is 4.79 Å². The molecule has 4 heteroatoms. The minimum absolute atomic E-state index is 0.0803. The summed E-state index contributed by atoms with van der Waals surface area (Å²) in [6, 6.07) is 5.50. The van der Waals surface area contributed by atoms with Gasteiger partial charge in [0.1, 0.15) is 11.5 Å². The third-order valence-electron chi connectivity index (χ3n) is 6.74. The number of hydrogen-bond donors (Lipinski definition) is 0. The number of ether oxygens (including phenoxy) is 2. The summed E-state index contributed by atoms with van der Waals surface area (Å²) in [6.07, 6.45) is 7.74. The molecule has 4 aliphatic rings. The van der Waals surface area contributed by atoms with Crippen molar-refractivity contribution in [2.75, 3.05) is 20.8 Å². The standard InChI is InChI=1S/C21H29NO3/c1-4-22(20(23)17-8-18(24-2)10-19(9-17)25-3)21-11-14-5-15(12-21)7-16(6-14)13-21/h8-10,14-16H,4-7,11-13H2,1-3H3. The van der Waals surface area contributed by atoms with Crippen molar-refractivity contribution < 1.29 is 14.3 Å². The lowest BCUT2D eigenvalue weighted by Crippen LogP contribution is -2.61. The normalized spacial score (nSPS) is 32.5. The maximum atomic E-state index is 13.4. The Hall–Kier alpha value is -1.71. The SMILES string of the molecule is CCN(C(=O)c1cc(OC)cc(OC)c1)C12CC3CC(CC(C3)C1)C2. The molecule has 0 aliphatic heterocycles. The lowest BCUT2D eigenvalue weighted by atomic mass is 9.52. The zero-order chi connectivity index (χ0) is 17.6. The Morgan fingerprint density at radius 2 is 1.48 bits per heavy atom. The van der Waals surface area contributed by atoms with Crippen molar-refractivity contribution in [1.82, 2.24) is 4.90 Å². The average molecular weight is 343 g/mol. The predicted molar refractivity (Wildman–Crippen MR) is 97.2 cm³/mol. The zero-order valence-corrected chi connectivity index (χ0v) is 15.6. The van der Waals surface area contributed by atoms with E-state index < -0.39 is 0 Å². The van der Waals surface area contributed by atoms with Crippen molar-refractivity contribution in [2.24, 2.45) is 17.8 Å². The Morgan fingerprint density at radius 1 is 1.00 bits per heavy atom. The number of nitrogens with zero attached hydrogens (tertiary/aromatic N) is 1. The van der Waals surface area contributed by atoms with E-state index in [-0.39, 0.29) is 11.4 Å². The highest BCUT2D eigenvalue weighted by molar-refractivity contribution is 5.95. The van der Waals surface area contributed by atoms with E-state index >= 15 is 0 Å². The molecule has 4 fully saturated rings. The van der Waals surface area contributed by atoms with Gasteiger partial charge in [0.05, 0.1) is 14.2 Å². The fraction of sp³-hybridized carbons (Fsp3) is 0.667. The molecule has 5 rings (SSSR count). The van der Waals surface area contributed by atoms with Gasteiger partial charge in [0, 0.05) is 23.7 Å². The molecule has 4 nitrogen and oxygen atoms in total. The molecule has 4 bridgehead atoms. The average Bonchev–Trinajstić information content (AvgIpc) is 2.60. The number of methoxy groups -OCH3 is 2. The number of carbonyl (C=O) groups excluding carboxylic acids is 1. The molecule has 0 radical (unpaired) electrons. The van der Waals surface area contributed by atoms with E-state index in [2.05, 4.69) is 11.8 Å². The highest BCUT2D eigenvalue weighted by atomic mass is 16.5. The van der Waals surface area contributed by atoms with Crippen LogP contribution in [-0.4, -0.2) is 37.1 Å². The quantitative estimate of drug-likeness (QED) is 0.807. The maximum absolute atomic E-state index is 13.4. The third kappa shape index (κ3) is 2.80. The summed E-state index contributed by atoms with van der Waals surface area (Å²) >= 11 is 0. The Balaban J connectivity index is 1.66. The van der Waals surface area contributed by atoms with Crippen LogP contribution >= 0.6 is 0 Å². The van der Waals surface area contributed by atoms with Crippen molar-refractivity contribution in [1.29, 1.82) is 0 Å². The zero-order valence-electron chi connectivity index (χ0n) is 15.6. The summed E-state index contributed by atoms with van der Waals surface area (Å²) in [4.78, 5) is 15.6. The first-order valence-corrected chi connectivity index (χ1v) is 9.62. The largest absolute Gasteiger partial charge is 0.497 e. The van der Waals surface area contributed by atoms with Crippen LogP contribution in [0.2, 0.25) is 0 Å². The number of hydrogen-bond acceptors (Lipinski definition) is 3. The number of benzene rings is 1. The van der Waals surface area contributed by atoms with Crippen LogP contribution in [0.5, 0.6) is 11.5 Å². The van der Waals surface area contributed by atoms with Gasteiger partial charge in [-0.3, -0.25) is 4.79 Å². The molecule has 4 saturated carbocycles. The monoisotopic (exact) mass is 343 g/mol. The Labute approximate surface area is 150 Å². The van der Waals surface area contributed by atoms with Crippen LogP contribution < -0.4 is 9.47 Å². The van der Waals surface area contributed by atoms with E-state index in [4.69, 9.17) is 9.47 Å². The second-order valence-electron chi connectivity index (χ2n) is 8.29. The van der Waals surface area contributed by atoms with Crippen molar-refractivity contribution in [3.63, 3.8) is 0 Å². The number of carbonyl (C=O) groups is 1.